The second-order valence-electron chi connectivity index (χ2n) is 4.17. The van der Waals surface area contributed by atoms with E-state index in [2.05, 4.69) is 37.4 Å². The van der Waals surface area contributed by atoms with Crippen LogP contribution in [0.25, 0.3) is 11.0 Å². The second-order valence-corrected chi connectivity index (χ2v) is 4.17. The van der Waals surface area contributed by atoms with Crippen LogP contribution < -0.4 is 5.32 Å². The van der Waals surface area contributed by atoms with E-state index in [1.807, 2.05) is 13.3 Å². The first-order valence-corrected chi connectivity index (χ1v) is 5.37. The summed E-state index contributed by atoms with van der Waals surface area (Å²) in [5.74, 6) is 0.502. The number of nitrogens with one attached hydrogen (secondary N) is 1. The van der Waals surface area contributed by atoms with E-state index in [0.717, 1.165) is 12.1 Å². The maximum Gasteiger partial charge on any atom is 0.137 e. The normalized spacial score (nSPS) is 11.5. The predicted molar refractivity (Wildman–Crippen MR) is 63.1 cm³/mol. The highest BCUT2D eigenvalue weighted by Crippen LogP contribution is 2.28. The molecule has 2 aromatic rings. The second kappa shape index (κ2) is 4.07. The Morgan fingerprint density at radius 1 is 1.33 bits per heavy atom. The van der Waals surface area contributed by atoms with E-state index in [4.69, 9.17) is 4.42 Å². The van der Waals surface area contributed by atoms with Crippen LogP contribution in [0.15, 0.2) is 28.9 Å². The highest BCUT2D eigenvalue weighted by atomic mass is 16.3. The van der Waals surface area contributed by atoms with Crippen LogP contribution in [-0.4, -0.2) is 7.05 Å². The molecule has 0 aliphatic heterocycles. The van der Waals surface area contributed by atoms with E-state index in [9.17, 15) is 0 Å². The van der Waals surface area contributed by atoms with Gasteiger partial charge in [-0.2, -0.15) is 0 Å². The lowest BCUT2D eigenvalue weighted by molar-refractivity contribution is 0.599. The molecule has 0 spiro atoms. The quantitative estimate of drug-likeness (QED) is 0.828. The minimum Gasteiger partial charge on any atom is -0.464 e. The summed E-state index contributed by atoms with van der Waals surface area (Å²) in [6, 6.07) is 6.36. The zero-order chi connectivity index (χ0) is 10.8. The zero-order valence-electron chi connectivity index (χ0n) is 9.50. The summed E-state index contributed by atoms with van der Waals surface area (Å²) >= 11 is 0. The van der Waals surface area contributed by atoms with Gasteiger partial charge in [-0.15, -0.1) is 0 Å². The highest BCUT2D eigenvalue weighted by Gasteiger charge is 2.10. The molecule has 0 unspecified atom stereocenters. The molecule has 1 heterocycles. The molecule has 2 nitrogen and oxygen atoms in total. The largest absolute Gasteiger partial charge is 0.464 e. The molecule has 0 amide bonds. The summed E-state index contributed by atoms with van der Waals surface area (Å²) in [6.45, 7) is 5.23. The Balaban J connectivity index is 2.58. The Labute approximate surface area is 90.3 Å². The average molecular weight is 203 g/mol. The maximum absolute atomic E-state index is 5.65. The number of furan rings is 1. The number of rotatable bonds is 3. The Hall–Kier alpha value is -1.28. The van der Waals surface area contributed by atoms with Crippen molar-refractivity contribution in [3.8, 4) is 0 Å². The van der Waals surface area contributed by atoms with Crippen molar-refractivity contribution in [2.24, 2.45) is 0 Å². The smallest absolute Gasteiger partial charge is 0.137 e. The van der Waals surface area contributed by atoms with Gasteiger partial charge in [-0.05, 0) is 18.5 Å². The van der Waals surface area contributed by atoms with Crippen LogP contribution in [0.5, 0.6) is 0 Å². The van der Waals surface area contributed by atoms with Crippen molar-refractivity contribution >= 4 is 11.0 Å². The molecule has 0 fully saturated rings. The molecule has 2 rings (SSSR count). The number of hydrogen-bond donors (Lipinski definition) is 1. The number of hydrogen-bond acceptors (Lipinski definition) is 2. The van der Waals surface area contributed by atoms with Crippen LogP contribution in [0.1, 0.15) is 30.9 Å². The number of para-hydroxylation sites is 1. The van der Waals surface area contributed by atoms with E-state index in [-0.39, 0.29) is 0 Å². The van der Waals surface area contributed by atoms with Crippen molar-refractivity contribution in [2.75, 3.05) is 7.05 Å². The van der Waals surface area contributed by atoms with Crippen molar-refractivity contribution in [3.63, 3.8) is 0 Å². The van der Waals surface area contributed by atoms with Crippen molar-refractivity contribution in [2.45, 2.75) is 26.3 Å². The molecule has 80 valence electrons. The topological polar surface area (TPSA) is 25.2 Å². The standard InChI is InChI=1S/C13H17NO/c1-9(2)11-5-4-6-12-10(7-14-3)8-15-13(11)12/h4-6,8-9,14H,7H2,1-3H3. The van der Waals surface area contributed by atoms with Gasteiger partial charge in [-0.25, -0.2) is 0 Å². The Morgan fingerprint density at radius 2 is 2.13 bits per heavy atom. The molecule has 0 bridgehead atoms. The van der Waals surface area contributed by atoms with Crippen LogP contribution >= 0.6 is 0 Å². The lowest BCUT2D eigenvalue weighted by atomic mass is 10.0. The van der Waals surface area contributed by atoms with Crippen molar-refractivity contribution in [1.29, 1.82) is 0 Å². The van der Waals surface area contributed by atoms with E-state index in [1.165, 1.54) is 16.5 Å². The van der Waals surface area contributed by atoms with Gasteiger partial charge < -0.3 is 9.73 Å². The molecule has 2 heteroatoms. The van der Waals surface area contributed by atoms with E-state index in [0.29, 0.717) is 5.92 Å². The summed E-state index contributed by atoms with van der Waals surface area (Å²) < 4.78 is 5.65. The SMILES string of the molecule is CNCc1coc2c(C(C)C)cccc12. The Bertz CT molecular complexity index is 457. The molecule has 15 heavy (non-hydrogen) atoms. The van der Waals surface area contributed by atoms with Crippen LogP contribution in [0.3, 0.4) is 0 Å². The fourth-order valence-electron chi connectivity index (χ4n) is 1.91. The van der Waals surface area contributed by atoms with Gasteiger partial charge >= 0.3 is 0 Å². The van der Waals surface area contributed by atoms with Crippen molar-refractivity contribution < 1.29 is 4.42 Å². The molecule has 0 aliphatic carbocycles. The van der Waals surface area contributed by atoms with Gasteiger partial charge in [0.25, 0.3) is 0 Å². The molecule has 0 atom stereocenters. The van der Waals surface area contributed by atoms with Crippen LogP contribution in [0.4, 0.5) is 0 Å². The Morgan fingerprint density at radius 3 is 2.80 bits per heavy atom. The van der Waals surface area contributed by atoms with Crippen molar-refractivity contribution in [3.05, 3.63) is 35.6 Å². The zero-order valence-corrected chi connectivity index (χ0v) is 9.50. The van der Waals surface area contributed by atoms with E-state index < -0.39 is 0 Å². The van der Waals surface area contributed by atoms with E-state index >= 15 is 0 Å². The molecule has 1 aromatic heterocycles. The molecule has 1 aromatic carbocycles. The summed E-state index contributed by atoms with van der Waals surface area (Å²) in [7, 11) is 1.95. The predicted octanol–water partition coefficient (Wildman–Crippen LogP) is 3.28. The van der Waals surface area contributed by atoms with Gasteiger partial charge in [-0.3, -0.25) is 0 Å². The third-order valence-electron chi connectivity index (χ3n) is 2.70. The minimum atomic E-state index is 0.502. The third kappa shape index (κ3) is 1.77. The van der Waals surface area contributed by atoms with Crippen LogP contribution in [-0.2, 0) is 6.54 Å². The molecule has 0 saturated carbocycles. The lowest BCUT2D eigenvalue weighted by Gasteiger charge is -2.05. The van der Waals surface area contributed by atoms with E-state index in [1.54, 1.807) is 0 Å². The molecule has 1 N–H and O–H groups in total. The first kappa shape index (κ1) is 10.2. The maximum atomic E-state index is 5.65. The Kier molecular flexibility index (Phi) is 2.78. The fourth-order valence-corrected chi connectivity index (χ4v) is 1.91. The van der Waals surface area contributed by atoms with Gasteiger partial charge in [0.1, 0.15) is 5.58 Å². The average Bonchev–Trinajstić information content (AvgIpc) is 2.62. The van der Waals surface area contributed by atoms with Crippen molar-refractivity contribution in [1.82, 2.24) is 5.32 Å². The molecular formula is C13H17NO. The summed E-state index contributed by atoms with van der Waals surface area (Å²) in [4.78, 5) is 0. The fraction of sp³-hybridized carbons (Fsp3) is 0.385. The number of benzene rings is 1. The van der Waals surface area contributed by atoms with Gasteiger partial charge in [0.05, 0.1) is 6.26 Å². The monoisotopic (exact) mass is 203 g/mol. The van der Waals surface area contributed by atoms with Gasteiger partial charge in [-0.1, -0.05) is 32.0 Å². The summed E-state index contributed by atoms with van der Waals surface area (Å²) in [5.41, 5.74) is 3.56. The van der Waals surface area contributed by atoms with Gasteiger partial charge in [0, 0.05) is 17.5 Å². The molecular weight excluding hydrogens is 186 g/mol. The van der Waals surface area contributed by atoms with Crippen LogP contribution in [0.2, 0.25) is 0 Å². The minimum absolute atomic E-state index is 0.502. The molecule has 0 radical (unpaired) electrons. The van der Waals surface area contributed by atoms with Crippen LogP contribution in [0, 0.1) is 0 Å². The van der Waals surface area contributed by atoms with Gasteiger partial charge in [0.2, 0.25) is 0 Å². The molecule has 0 saturated heterocycles. The number of fused-ring (bicyclic) bond motifs is 1. The van der Waals surface area contributed by atoms with Gasteiger partial charge in [0.15, 0.2) is 0 Å². The first-order valence-electron chi connectivity index (χ1n) is 5.37. The summed E-state index contributed by atoms with van der Waals surface area (Å²) in [5, 5.41) is 4.38. The first-order chi connectivity index (χ1) is 7.24. The lowest BCUT2D eigenvalue weighted by Crippen LogP contribution is -2.03. The third-order valence-corrected chi connectivity index (χ3v) is 2.70. The highest BCUT2D eigenvalue weighted by molar-refractivity contribution is 5.84. The molecule has 0 aliphatic rings. The summed E-state index contributed by atoms with van der Waals surface area (Å²) in [6.07, 6.45) is 1.85.